The molecule has 1 aromatic heterocycles. The van der Waals surface area contributed by atoms with Gasteiger partial charge in [0.1, 0.15) is 0 Å². The third-order valence-corrected chi connectivity index (χ3v) is 5.26. The molecule has 1 aromatic rings. The molecule has 102 valence electrons. The highest BCUT2D eigenvalue weighted by Gasteiger charge is 2.47. The first-order valence-electron chi connectivity index (χ1n) is 6.81. The topological polar surface area (TPSA) is 33.1 Å². The van der Waals surface area contributed by atoms with Crippen LogP contribution in [0.15, 0.2) is 5.38 Å². The minimum atomic E-state index is -0.569. The highest BCUT2D eigenvalue weighted by atomic mass is 32.1. The van der Waals surface area contributed by atoms with Crippen LogP contribution in [0.25, 0.3) is 0 Å². The van der Waals surface area contributed by atoms with Crippen molar-refractivity contribution in [2.24, 2.45) is 5.41 Å². The van der Waals surface area contributed by atoms with Crippen LogP contribution in [0.2, 0.25) is 0 Å². The van der Waals surface area contributed by atoms with Crippen molar-refractivity contribution in [3.8, 4) is 0 Å². The lowest BCUT2D eigenvalue weighted by molar-refractivity contribution is -0.0420. The molecule has 0 radical (unpaired) electrons. The first-order chi connectivity index (χ1) is 8.14. The fourth-order valence-electron chi connectivity index (χ4n) is 2.71. The summed E-state index contributed by atoms with van der Waals surface area (Å²) in [6.45, 7) is 10.9. The molecule has 2 rings (SSSR count). The van der Waals surface area contributed by atoms with Crippen LogP contribution in [0.4, 0.5) is 0 Å². The summed E-state index contributed by atoms with van der Waals surface area (Å²) in [4.78, 5) is 4.71. The molecule has 1 fully saturated rings. The molecule has 1 unspecified atom stereocenters. The minimum absolute atomic E-state index is 0.0145. The van der Waals surface area contributed by atoms with Crippen molar-refractivity contribution in [2.75, 3.05) is 0 Å². The summed E-state index contributed by atoms with van der Waals surface area (Å²) in [5.74, 6) is 0. The van der Waals surface area contributed by atoms with E-state index < -0.39 is 5.60 Å². The summed E-state index contributed by atoms with van der Waals surface area (Å²) in [6, 6.07) is 0. The van der Waals surface area contributed by atoms with Gasteiger partial charge in [0.05, 0.1) is 16.3 Å². The summed E-state index contributed by atoms with van der Waals surface area (Å²) < 4.78 is 0. The third-order valence-electron chi connectivity index (χ3n) is 4.42. The van der Waals surface area contributed by atoms with Crippen molar-refractivity contribution in [2.45, 2.75) is 71.3 Å². The summed E-state index contributed by atoms with van der Waals surface area (Å²) in [5.41, 5.74) is 0.685. The highest BCUT2D eigenvalue weighted by molar-refractivity contribution is 7.09. The number of nitrogens with zero attached hydrogens (tertiary/aromatic N) is 1. The van der Waals surface area contributed by atoms with Gasteiger partial charge in [0.2, 0.25) is 0 Å². The van der Waals surface area contributed by atoms with E-state index >= 15 is 0 Å². The number of hydrogen-bond donors (Lipinski definition) is 1. The summed E-state index contributed by atoms with van der Waals surface area (Å²) >= 11 is 1.69. The van der Waals surface area contributed by atoms with E-state index in [1.165, 1.54) is 0 Å². The average Bonchev–Trinajstić information content (AvgIpc) is 2.73. The lowest BCUT2D eigenvalue weighted by Crippen LogP contribution is -2.41. The van der Waals surface area contributed by atoms with Crippen molar-refractivity contribution >= 4 is 11.3 Å². The van der Waals surface area contributed by atoms with Gasteiger partial charge in [0.25, 0.3) is 0 Å². The second-order valence-corrected chi connectivity index (χ2v) is 8.26. The van der Waals surface area contributed by atoms with E-state index in [1.807, 2.05) is 0 Å². The van der Waals surface area contributed by atoms with Crippen LogP contribution >= 0.6 is 11.3 Å². The molecule has 0 saturated heterocycles. The fraction of sp³-hybridized carbons (Fsp3) is 0.800. The number of aromatic nitrogens is 1. The molecule has 0 spiro atoms. The second kappa shape index (κ2) is 4.31. The Balaban J connectivity index is 2.17. The zero-order valence-electron chi connectivity index (χ0n) is 12.2. The number of hydrogen-bond acceptors (Lipinski definition) is 3. The highest BCUT2D eigenvalue weighted by Crippen LogP contribution is 2.47. The van der Waals surface area contributed by atoms with E-state index in [4.69, 9.17) is 4.98 Å². The van der Waals surface area contributed by atoms with Gasteiger partial charge in [0.15, 0.2) is 0 Å². The van der Waals surface area contributed by atoms with Gasteiger partial charge in [-0.2, -0.15) is 0 Å². The van der Waals surface area contributed by atoms with Gasteiger partial charge in [-0.25, -0.2) is 4.98 Å². The smallest absolute Gasteiger partial charge is 0.0957 e. The number of rotatable bonds is 2. The molecule has 1 aliphatic carbocycles. The van der Waals surface area contributed by atoms with Gasteiger partial charge >= 0.3 is 0 Å². The van der Waals surface area contributed by atoms with Gasteiger partial charge in [-0.05, 0) is 24.7 Å². The largest absolute Gasteiger partial charge is 0.389 e. The zero-order valence-corrected chi connectivity index (χ0v) is 13.0. The first kappa shape index (κ1) is 14.0. The van der Waals surface area contributed by atoms with E-state index in [9.17, 15) is 5.11 Å². The van der Waals surface area contributed by atoms with Gasteiger partial charge in [-0.1, -0.05) is 34.6 Å². The van der Waals surface area contributed by atoms with Crippen LogP contribution in [-0.2, 0) is 11.8 Å². The molecule has 1 N–H and O–H groups in total. The molecule has 1 heterocycles. The maximum absolute atomic E-state index is 10.9. The predicted octanol–water partition coefficient (Wildman–Crippen LogP) is 3.92. The van der Waals surface area contributed by atoms with Crippen molar-refractivity contribution in [1.82, 2.24) is 4.98 Å². The first-order valence-corrected chi connectivity index (χ1v) is 7.69. The van der Waals surface area contributed by atoms with E-state index in [-0.39, 0.29) is 10.8 Å². The lowest BCUT2D eigenvalue weighted by atomic mass is 9.76. The summed E-state index contributed by atoms with van der Waals surface area (Å²) in [5, 5.41) is 14.1. The molecule has 1 atom stereocenters. The second-order valence-electron chi connectivity index (χ2n) is 7.32. The van der Waals surface area contributed by atoms with E-state index in [2.05, 4.69) is 40.0 Å². The van der Waals surface area contributed by atoms with Gasteiger partial charge in [0, 0.05) is 17.2 Å². The molecule has 0 amide bonds. The van der Waals surface area contributed by atoms with Crippen LogP contribution in [0.5, 0.6) is 0 Å². The Morgan fingerprint density at radius 3 is 2.44 bits per heavy atom. The quantitative estimate of drug-likeness (QED) is 0.881. The Morgan fingerprint density at radius 2 is 2.00 bits per heavy atom. The Labute approximate surface area is 114 Å². The molecule has 18 heavy (non-hydrogen) atoms. The van der Waals surface area contributed by atoms with Crippen LogP contribution in [0, 0.1) is 5.41 Å². The van der Waals surface area contributed by atoms with Crippen LogP contribution < -0.4 is 0 Å². The van der Waals surface area contributed by atoms with Crippen molar-refractivity contribution in [1.29, 1.82) is 0 Å². The zero-order chi connectivity index (χ0) is 13.6. The van der Waals surface area contributed by atoms with E-state index in [0.717, 1.165) is 30.0 Å². The molecule has 0 aromatic carbocycles. The van der Waals surface area contributed by atoms with Gasteiger partial charge in [-0.3, -0.25) is 0 Å². The monoisotopic (exact) mass is 267 g/mol. The van der Waals surface area contributed by atoms with E-state index in [1.54, 1.807) is 11.3 Å². The Hall–Kier alpha value is -0.410. The van der Waals surface area contributed by atoms with Gasteiger partial charge in [-0.15, -0.1) is 11.3 Å². The van der Waals surface area contributed by atoms with E-state index in [0.29, 0.717) is 6.42 Å². The standard InChI is InChI=1S/C15H25NOS/c1-13(2,3)11-10-18-12(16-11)9-15(17)8-6-7-14(15,4)5/h10,17H,6-9H2,1-5H3. The molecular weight excluding hydrogens is 242 g/mol. The Kier molecular flexibility index (Phi) is 3.35. The molecule has 1 aliphatic rings. The molecule has 3 heteroatoms. The van der Waals surface area contributed by atoms with Crippen LogP contribution in [-0.4, -0.2) is 15.7 Å². The third kappa shape index (κ3) is 2.48. The molecule has 1 saturated carbocycles. The van der Waals surface area contributed by atoms with Crippen molar-refractivity contribution in [3.63, 3.8) is 0 Å². The molecule has 0 aliphatic heterocycles. The number of thiazole rings is 1. The van der Waals surface area contributed by atoms with Crippen molar-refractivity contribution in [3.05, 3.63) is 16.1 Å². The average molecular weight is 267 g/mol. The Morgan fingerprint density at radius 1 is 1.33 bits per heavy atom. The lowest BCUT2D eigenvalue weighted by Gasteiger charge is -2.36. The molecular formula is C15H25NOS. The van der Waals surface area contributed by atoms with Crippen LogP contribution in [0.1, 0.15) is 64.6 Å². The normalized spacial score (nSPS) is 27.7. The Bertz CT molecular complexity index is 430. The minimum Gasteiger partial charge on any atom is -0.389 e. The van der Waals surface area contributed by atoms with Crippen molar-refractivity contribution < 1.29 is 5.11 Å². The number of aliphatic hydroxyl groups is 1. The van der Waals surface area contributed by atoms with Gasteiger partial charge < -0.3 is 5.11 Å². The maximum Gasteiger partial charge on any atom is 0.0957 e. The molecule has 2 nitrogen and oxygen atoms in total. The maximum atomic E-state index is 10.9. The predicted molar refractivity (Wildman–Crippen MR) is 77.1 cm³/mol. The fourth-order valence-corrected chi connectivity index (χ4v) is 3.84. The summed E-state index contributed by atoms with van der Waals surface area (Å²) in [6.07, 6.45) is 3.85. The van der Waals surface area contributed by atoms with Crippen LogP contribution in [0.3, 0.4) is 0 Å². The molecule has 0 bridgehead atoms. The summed E-state index contributed by atoms with van der Waals surface area (Å²) in [7, 11) is 0. The SMILES string of the molecule is CC(C)(C)c1csc(CC2(O)CCCC2(C)C)n1.